The number of likely N-dealkylation sites (N-methyl/N-ethyl adjacent to an activating group) is 1. The van der Waals surface area contributed by atoms with Crippen molar-refractivity contribution >= 4 is 23.2 Å². The minimum Gasteiger partial charge on any atom is -0.322 e. The molecule has 0 radical (unpaired) electrons. The number of anilines is 2. The number of nitrogens with zero attached hydrogens (tertiary/aromatic N) is 1. The van der Waals surface area contributed by atoms with Crippen molar-refractivity contribution < 1.29 is 9.59 Å². The molecule has 0 bridgehead atoms. The summed E-state index contributed by atoms with van der Waals surface area (Å²) in [4.78, 5) is 27.9. The quantitative estimate of drug-likeness (QED) is 0.603. The van der Waals surface area contributed by atoms with Crippen molar-refractivity contribution in [3.8, 4) is 0 Å². The highest BCUT2D eigenvalue weighted by atomic mass is 16.2. The number of hydrogen-bond donors (Lipinski definition) is 2. The molecule has 5 heteroatoms. The first-order valence-corrected chi connectivity index (χ1v) is 11.1. The summed E-state index contributed by atoms with van der Waals surface area (Å²) >= 11 is 0. The van der Waals surface area contributed by atoms with Gasteiger partial charge < -0.3 is 15.5 Å². The van der Waals surface area contributed by atoms with E-state index in [-0.39, 0.29) is 11.8 Å². The first-order valence-electron chi connectivity index (χ1n) is 11.1. The molecule has 1 aliphatic heterocycles. The van der Waals surface area contributed by atoms with E-state index in [4.69, 9.17) is 0 Å². The molecule has 1 atom stereocenters. The Hall–Kier alpha value is -3.44. The van der Waals surface area contributed by atoms with Crippen molar-refractivity contribution in [2.75, 3.05) is 30.4 Å². The lowest BCUT2D eigenvalue weighted by Gasteiger charge is -2.24. The van der Waals surface area contributed by atoms with Crippen molar-refractivity contribution in [2.24, 2.45) is 0 Å². The monoisotopic (exact) mass is 427 g/mol. The fourth-order valence-corrected chi connectivity index (χ4v) is 4.40. The lowest BCUT2D eigenvalue weighted by atomic mass is 9.94. The molecule has 2 amide bonds. The number of benzene rings is 3. The van der Waals surface area contributed by atoms with Crippen LogP contribution in [0.4, 0.5) is 11.4 Å². The summed E-state index contributed by atoms with van der Waals surface area (Å²) < 4.78 is 0. The minimum absolute atomic E-state index is 0.0145. The number of rotatable bonds is 5. The summed E-state index contributed by atoms with van der Waals surface area (Å²) in [7, 11) is 1.97. The fraction of sp³-hybridized carbons (Fsp3) is 0.259. The Balaban J connectivity index is 1.53. The summed E-state index contributed by atoms with van der Waals surface area (Å²) in [6.07, 6.45) is 2.00. The van der Waals surface area contributed by atoms with E-state index in [1.54, 1.807) is 30.3 Å². The third-order valence-corrected chi connectivity index (χ3v) is 6.08. The highest BCUT2D eigenvalue weighted by Crippen LogP contribution is 2.34. The van der Waals surface area contributed by atoms with Gasteiger partial charge in [0.1, 0.15) is 0 Å². The van der Waals surface area contributed by atoms with Crippen LogP contribution < -0.4 is 15.5 Å². The van der Waals surface area contributed by atoms with Crippen LogP contribution in [0.25, 0.3) is 0 Å². The van der Waals surface area contributed by atoms with Crippen molar-refractivity contribution in [3.05, 3.63) is 95.1 Å². The molecule has 0 spiro atoms. The third kappa shape index (κ3) is 4.58. The molecule has 4 rings (SSSR count). The van der Waals surface area contributed by atoms with E-state index >= 15 is 0 Å². The van der Waals surface area contributed by atoms with E-state index in [1.807, 2.05) is 55.3 Å². The molecule has 2 N–H and O–H groups in total. The van der Waals surface area contributed by atoms with Crippen LogP contribution in [0.1, 0.15) is 50.6 Å². The topological polar surface area (TPSA) is 61.4 Å². The number of fused-ring (bicyclic) bond motifs is 1. The van der Waals surface area contributed by atoms with Gasteiger partial charge in [-0.3, -0.25) is 9.59 Å². The maximum absolute atomic E-state index is 13.4. The summed E-state index contributed by atoms with van der Waals surface area (Å²) in [5.41, 5.74) is 5.06. The zero-order chi connectivity index (χ0) is 22.5. The predicted octanol–water partition coefficient (Wildman–Crippen LogP) is 4.99. The van der Waals surface area contributed by atoms with Gasteiger partial charge in [-0.1, -0.05) is 36.4 Å². The van der Waals surface area contributed by atoms with Crippen LogP contribution in [0.15, 0.2) is 72.8 Å². The first-order chi connectivity index (χ1) is 15.6. The summed E-state index contributed by atoms with van der Waals surface area (Å²) in [6, 6.07) is 22.8. The SMILES string of the molecule is CNCC1CCCN(C(=O)c2ccc(NC(=O)c3ccccc3C)cc2)c2ccccc21. The van der Waals surface area contributed by atoms with Gasteiger partial charge in [-0.05, 0) is 80.3 Å². The van der Waals surface area contributed by atoms with E-state index in [0.29, 0.717) is 29.3 Å². The van der Waals surface area contributed by atoms with Crippen LogP contribution in [0.3, 0.4) is 0 Å². The molecule has 5 nitrogen and oxygen atoms in total. The van der Waals surface area contributed by atoms with Gasteiger partial charge in [0.25, 0.3) is 11.8 Å². The Bertz CT molecular complexity index is 1110. The van der Waals surface area contributed by atoms with E-state index in [2.05, 4.69) is 16.7 Å². The molecule has 3 aromatic carbocycles. The van der Waals surface area contributed by atoms with Crippen LogP contribution in [0.5, 0.6) is 0 Å². The maximum atomic E-state index is 13.4. The summed E-state index contributed by atoms with van der Waals surface area (Å²) in [6.45, 7) is 3.51. The smallest absolute Gasteiger partial charge is 0.258 e. The molecule has 0 saturated heterocycles. The van der Waals surface area contributed by atoms with E-state index in [1.165, 1.54) is 5.56 Å². The van der Waals surface area contributed by atoms with Gasteiger partial charge in [0.2, 0.25) is 0 Å². The number of carbonyl (C=O) groups excluding carboxylic acids is 2. The van der Waals surface area contributed by atoms with Gasteiger partial charge in [0.15, 0.2) is 0 Å². The molecule has 1 aliphatic rings. The minimum atomic E-state index is -0.154. The zero-order valence-corrected chi connectivity index (χ0v) is 18.6. The van der Waals surface area contributed by atoms with Gasteiger partial charge in [-0.15, -0.1) is 0 Å². The molecule has 1 unspecified atom stereocenters. The Morgan fingerprint density at radius 1 is 0.969 bits per heavy atom. The van der Waals surface area contributed by atoms with Crippen LogP contribution in [-0.4, -0.2) is 32.0 Å². The lowest BCUT2D eigenvalue weighted by Crippen LogP contribution is -2.31. The van der Waals surface area contributed by atoms with Crippen LogP contribution in [0, 0.1) is 6.92 Å². The van der Waals surface area contributed by atoms with Crippen molar-refractivity contribution in [2.45, 2.75) is 25.7 Å². The second-order valence-corrected chi connectivity index (χ2v) is 8.26. The second kappa shape index (κ2) is 9.79. The fourth-order valence-electron chi connectivity index (χ4n) is 4.40. The molecule has 0 aromatic heterocycles. The lowest BCUT2D eigenvalue weighted by molar-refractivity contribution is 0.0985. The van der Waals surface area contributed by atoms with Gasteiger partial charge >= 0.3 is 0 Å². The molecule has 1 heterocycles. The highest BCUT2D eigenvalue weighted by Gasteiger charge is 2.26. The Morgan fingerprint density at radius 3 is 2.44 bits per heavy atom. The Labute approximate surface area is 189 Å². The molecule has 0 aliphatic carbocycles. The number of aryl methyl sites for hydroxylation is 1. The maximum Gasteiger partial charge on any atom is 0.258 e. The predicted molar refractivity (Wildman–Crippen MR) is 130 cm³/mol. The zero-order valence-electron chi connectivity index (χ0n) is 18.6. The normalized spacial score (nSPS) is 15.6. The van der Waals surface area contributed by atoms with E-state index in [0.717, 1.165) is 30.6 Å². The molecule has 0 saturated carbocycles. The second-order valence-electron chi connectivity index (χ2n) is 8.26. The van der Waals surface area contributed by atoms with Crippen LogP contribution >= 0.6 is 0 Å². The molecular weight excluding hydrogens is 398 g/mol. The third-order valence-electron chi connectivity index (χ3n) is 6.08. The van der Waals surface area contributed by atoms with E-state index in [9.17, 15) is 9.59 Å². The number of para-hydroxylation sites is 1. The van der Waals surface area contributed by atoms with Crippen molar-refractivity contribution in [3.63, 3.8) is 0 Å². The molecule has 32 heavy (non-hydrogen) atoms. The molecular formula is C27H29N3O2. The van der Waals surface area contributed by atoms with Gasteiger partial charge in [-0.25, -0.2) is 0 Å². The number of amides is 2. The van der Waals surface area contributed by atoms with Crippen molar-refractivity contribution in [1.29, 1.82) is 0 Å². The highest BCUT2D eigenvalue weighted by molar-refractivity contribution is 6.08. The molecule has 0 fully saturated rings. The largest absolute Gasteiger partial charge is 0.322 e. The van der Waals surface area contributed by atoms with Gasteiger partial charge in [0.05, 0.1) is 0 Å². The summed E-state index contributed by atoms with van der Waals surface area (Å²) in [5.74, 6) is 0.228. The number of hydrogen-bond acceptors (Lipinski definition) is 3. The average molecular weight is 428 g/mol. The van der Waals surface area contributed by atoms with Gasteiger partial charge in [0, 0.05) is 35.6 Å². The first kappa shape index (κ1) is 21.8. The molecule has 3 aromatic rings. The van der Waals surface area contributed by atoms with Crippen molar-refractivity contribution in [1.82, 2.24) is 5.32 Å². The standard InChI is InChI=1S/C27H29N3O2/c1-19-8-3-4-10-23(19)26(31)29-22-15-13-20(14-16-22)27(32)30-17-7-9-21(18-28-2)24-11-5-6-12-25(24)30/h3-6,8,10-16,21,28H,7,9,17-18H2,1-2H3,(H,29,31). The van der Waals surface area contributed by atoms with Crippen LogP contribution in [-0.2, 0) is 0 Å². The Kier molecular flexibility index (Phi) is 6.66. The van der Waals surface area contributed by atoms with E-state index < -0.39 is 0 Å². The molecule has 164 valence electrons. The average Bonchev–Trinajstić information content (AvgIpc) is 2.99. The van der Waals surface area contributed by atoms with Gasteiger partial charge in [-0.2, -0.15) is 0 Å². The Morgan fingerprint density at radius 2 is 1.69 bits per heavy atom. The number of nitrogens with one attached hydrogen (secondary N) is 2. The summed E-state index contributed by atoms with van der Waals surface area (Å²) in [5, 5.41) is 6.20. The van der Waals surface area contributed by atoms with Crippen LogP contribution in [0.2, 0.25) is 0 Å². The number of carbonyl (C=O) groups is 2.